The number of methoxy groups -OCH3 is 1. The van der Waals surface area contributed by atoms with Gasteiger partial charge in [0.1, 0.15) is 17.4 Å². The summed E-state index contributed by atoms with van der Waals surface area (Å²) in [7, 11) is 1.69. The quantitative estimate of drug-likeness (QED) is 0.610. The molecule has 8 heteroatoms. The predicted octanol–water partition coefficient (Wildman–Crippen LogP) is 2.71. The number of morpholine rings is 1. The van der Waals surface area contributed by atoms with Crippen molar-refractivity contribution in [3.63, 3.8) is 0 Å². The number of aromatic nitrogens is 3. The monoisotopic (exact) mass is 432 g/mol. The SMILES string of the molecule is COc1cccc(-c2cc(N3CCN(c4ccccn4)CC3)nc(N3CCOCC3)n2)c1. The van der Waals surface area contributed by atoms with Crippen LogP contribution in [0.25, 0.3) is 11.3 Å². The third kappa shape index (κ3) is 4.45. The lowest BCUT2D eigenvalue weighted by molar-refractivity contribution is 0.122. The lowest BCUT2D eigenvalue weighted by Gasteiger charge is -2.36. The zero-order chi connectivity index (χ0) is 21.8. The summed E-state index contributed by atoms with van der Waals surface area (Å²) in [6.45, 7) is 6.57. The van der Waals surface area contributed by atoms with Crippen LogP contribution in [0.4, 0.5) is 17.6 Å². The largest absolute Gasteiger partial charge is 0.497 e. The van der Waals surface area contributed by atoms with Crippen molar-refractivity contribution in [3.05, 3.63) is 54.7 Å². The second-order valence-corrected chi connectivity index (χ2v) is 7.90. The Morgan fingerprint density at radius 3 is 2.28 bits per heavy atom. The highest BCUT2D eigenvalue weighted by Crippen LogP contribution is 2.28. The van der Waals surface area contributed by atoms with E-state index in [1.165, 1.54) is 0 Å². The molecule has 0 unspecified atom stereocenters. The Balaban J connectivity index is 1.43. The summed E-state index contributed by atoms with van der Waals surface area (Å²) in [5.41, 5.74) is 1.93. The number of ether oxygens (including phenoxy) is 2. The Morgan fingerprint density at radius 1 is 0.781 bits per heavy atom. The zero-order valence-electron chi connectivity index (χ0n) is 18.4. The molecule has 0 N–H and O–H groups in total. The maximum Gasteiger partial charge on any atom is 0.228 e. The Kier molecular flexibility index (Phi) is 6.02. The molecule has 2 fully saturated rings. The Labute approximate surface area is 188 Å². The molecule has 0 spiro atoms. The first kappa shape index (κ1) is 20.5. The van der Waals surface area contributed by atoms with Crippen LogP contribution in [0, 0.1) is 0 Å². The first-order valence-electron chi connectivity index (χ1n) is 11.1. The summed E-state index contributed by atoms with van der Waals surface area (Å²) in [6.07, 6.45) is 1.85. The van der Waals surface area contributed by atoms with Gasteiger partial charge in [-0.1, -0.05) is 18.2 Å². The Morgan fingerprint density at radius 2 is 1.56 bits per heavy atom. The molecule has 1 aromatic carbocycles. The van der Waals surface area contributed by atoms with Crippen LogP contribution in [0.1, 0.15) is 0 Å². The van der Waals surface area contributed by atoms with Gasteiger partial charge in [0, 0.05) is 57.1 Å². The van der Waals surface area contributed by atoms with Gasteiger partial charge in [-0.2, -0.15) is 4.98 Å². The van der Waals surface area contributed by atoms with E-state index in [1.54, 1.807) is 7.11 Å². The summed E-state index contributed by atoms with van der Waals surface area (Å²) >= 11 is 0. The molecule has 2 saturated heterocycles. The van der Waals surface area contributed by atoms with E-state index in [1.807, 2.05) is 36.5 Å². The fourth-order valence-electron chi connectivity index (χ4n) is 4.12. The third-order valence-electron chi connectivity index (χ3n) is 5.94. The van der Waals surface area contributed by atoms with E-state index in [9.17, 15) is 0 Å². The summed E-state index contributed by atoms with van der Waals surface area (Å²) in [5.74, 6) is 3.57. The molecule has 32 heavy (non-hydrogen) atoms. The number of hydrogen-bond donors (Lipinski definition) is 0. The van der Waals surface area contributed by atoms with E-state index in [0.717, 1.165) is 73.9 Å². The van der Waals surface area contributed by atoms with Crippen molar-refractivity contribution in [2.24, 2.45) is 0 Å². The molecule has 166 valence electrons. The first-order valence-corrected chi connectivity index (χ1v) is 11.1. The number of nitrogens with zero attached hydrogens (tertiary/aromatic N) is 6. The molecule has 0 amide bonds. The molecular formula is C24H28N6O2. The van der Waals surface area contributed by atoms with E-state index < -0.39 is 0 Å². The number of anilines is 3. The molecule has 0 radical (unpaired) electrons. The Bertz CT molecular complexity index is 1030. The molecule has 0 bridgehead atoms. The van der Waals surface area contributed by atoms with Crippen molar-refractivity contribution in [2.45, 2.75) is 0 Å². The summed E-state index contributed by atoms with van der Waals surface area (Å²) in [6, 6.07) is 16.2. The molecular weight excluding hydrogens is 404 g/mol. The van der Waals surface area contributed by atoms with Crippen molar-refractivity contribution < 1.29 is 9.47 Å². The molecule has 4 heterocycles. The average molecular weight is 433 g/mol. The van der Waals surface area contributed by atoms with Crippen LogP contribution in [0.3, 0.4) is 0 Å². The second-order valence-electron chi connectivity index (χ2n) is 7.90. The Hall–Kier alpha value is -3.39. The summed E-state index contributed by atoms with van der Waals surface area (Å²) in [4.78, 5) is 21.3. The fraction of sp³-hybridized carbons (Fsp3) is 0.375. The molecule has 8 nitrogen and oxygen atoms in total. The van der Waals surface area contributed by atoms with Gasteiger partial charge in [0.2, 0.25) is 5.95 Å². The first-order chi connectivity index (χ1) is 15.8. The van der Waals surface area contributed by atoms with E-state index in [2.05, 4.69) is 37.9 Å². The lowest BCUT2D eigenvalue weighted by Crippen LogP contribution is -2.47. The van der Waals surface area contributed by atoms with E-state index in [4.69, 9.17) is 19.4 Å². The summed E-state index contributed by atoms with van der Waals surface area (Å²) < 4.78 is 11.0. The van der Waals surface area contributed by atoms with Crippen LogP contribution in [0.5, 0.6) is 5.75 Å². The van der Waals surface area contributed by atoms with Crippen LogP contribution < -0.4 is 19.4 Å². The van der Waals surface area contributed by atoms with Gasteiger partial charge >= 0.3 is 0 Å². The molecule has 3 aromatic rings. The van der Waals surface area contributed by atoms with Gasteiger partial charge in [-0.05, 0) is 24.3 Å². The molecule has 2 aliphatic rings. The fourth-order valence-corrected chi connectivity index (χ4v) is 4.12. The maximum atomic E-state index is 5.53. The minimum Gasteiger partial charge on any atom is -0.497 e. The molecule has 5 rings (SSSR count). The summed E-state index contributed by atoms with van der Waals surface area (Å²) in [5, 5.41) is 0. The molecule has 0 atom stereocenters. The van der Waals surface area contributed by atoms with Gasteiger partial charge in [-0.25, -0.2) is 9.97 Å². The van der Waals surface area contributed by atoms with E-state index >= 15 is 0 Å². The molecule has 2 aliphatic heterocycles. The number of rotatable bonds is 5. The van der Waals surface area contributed by atoms with E-state index in [0.29, 0.717) is 13.2 Å². The van der Waals surface area contributed by atoms with E-state index in [-0.39, 0.29) is 0 Å². The number of piperazine rings is 1. The normalized spacial score (nSPS) is 16.8. The maximum absolute atomic E-state index is 5.53. The number of pyridine rings is 1. The van der Waals surface area contributed by atoms with Crippen molar-refractivity contribution in [3.8, 4) is 17.0 Å². The van der Waals surface area contributed by atoms with Gasteiger partial charge in [0.25, 0.3) is 0 Å². The zero-order valence-corrected chi connectivity index (χ0v) is 18.4. The van der Waals surface area contributed by atoms with Gasteiger partial charge in [-0.15, -0.1) is 0 Å². The predicted molar refractivity (Wildman–Crippen MR) is 126 cm³/mol. The third-order valence-corrected chi connectivity index (χ3v) is 5.94. The van der Waals surface area contributed by atoms with Gasteiger partial charge in [0.15, 0.2) is 0 Å². The standard InChI is InChI=1S/C24H28N6O2/c1-31-20-6-4-5-19(17-20)21-18-23(27-24(26-21)30-13-15-32-16-14-30)29-11-9-28(10-12-29)22-7-2-3-8-25-22/h2-8,17-18H,9-16H2,1H3. The van der Waals surface area contributed by atoms with Gasteiger partial charge in [-0.3, -0.25) is 0 Å². The molecule has 0 aliphatic carbocycles. The highest BCUT2D eigenvalue weighted by atomic mass is 16.5. The smallest absolute Gasteiger partial charge is 0.228 e. The topological polar surface area (TPSA) is 66.9 Å². The van der Waals surface area contributed by atoms with Crippen molar-refractivity contribution in [2.75, 3.05) is 74.3 Å². The average Bonchev–Trinajstić information content (AvgIpc) is 2.89. The minimum atomic E-state index is 0.699. The number of benzene rings is 1. The number of hydrogen-bond acceptors (Lipinski definition) is 8. The lowest BCUT2D eigenvalue weighted by atomic mass is 10.1. The van der Waals surface area contributed by atoms with Crippen molar-refractivity contribution >= 4 is 17.6 Å². The molecule has 0 saturated carbocycles. The van der Waals surface area contributed by atoms with Gasteiger partial charge < -0.3 is 24.2 Å². The van der Waals surface area contributed by atoms with Crippen molar-refractivity contribution in [1.82, 2.24) is 15.0 Å². The van der Waals surface area contributed by atoms with Crippen LogP contribution in [-0.4, -0.2) is 74.5 Å². The highest BCUT2D eigenvalue weighted by Gasteiger charge is 2.22. The highest BCUT2D eigenvalue weighted by molar-refractivity contribution is 5.67. The molecule has 2 aromatic heterocycles. The van der Waals surface area contributed by atoms with Crippen molar-refractivity contribution in [1.29, 1.82) is 0 Å². The van der Waals surface area contributed by atoms with Gasteiger partial charge in [0.05, 0.1) is 26.0 Å². The van der Waals surface area contributed by atoms with Crippen LogP contribution in [0.15, 0.2) is 54.7 Å². The van der Waals surface area contributed by atoms with Crippen LogP contribution in [-0.2, 0) is 4.74 Å². The van der Waals surface area contributed by atoms with Crippen LogP contribution >= 0.6 is 0 Å². The minimum absolute atomic E-state index is 0.699. The van der Waals surface area contributed by atoms with Crippen LogP contribution in [0.2, 0.25) is 0 Å². The second kappa shape index (κ2) is 9.40.